The van der Waals surface area contributed by atoms with Crippen LogP contribution in [-0.2, 0) is 19.2 Å². The van der Waals surface area contributed by atoms with E-state index in [9.17, 15) is 19.2 Å². The molecule has 4 atom stereocenters. The number of amides is 3. The van der Waals surface area contributed by atoms with Crippen LogP contribution in [0.5, 0.6) is 0 Å². The standard InChI is InChI=1S/C12H22N4O7S/c1-5(14-10(20)6(13)2-17)9(19)16-8(4-24)11(21)15-7(3-18)12(22)23/h5-8,17-18,24H,2-4,13H2,1H3,(H,14,20)(H,15,21)(H,16,19)(H,22,23). The summed E-state index contributed by atoms with van der Waals surface area (Å²) in [7, 11) is 0. The number of hydrogen-bond donors (Lipinski definition) is 8. The van der Waals surface area contributed by atoms with Gasteiger partial charge in [-0.2, -0.15) is 12.6 Å². The van der Waals surface area contributed by atoms with Crippen molar-refractivity contribution in [3.05, 3.63) is 0 Å². The van der Waals surface area contributed by atoms with Crippen LogP contribution < -0.4 is 21.7 Å². The number of carboxylic acids is 1. The largest absolute Gasteiger partial charge is 0.480 e. The fraction of sp³-hybridized carbons (Fsp3) is 0.667. The maximum absolute atomic E-state index is 11.9. The number of carbonyl (C=O) groups excluding carboxylic acids is 3. The van der Waals surface area contributed by atoms with Gasteiger partial charge in [0, 0.05) is 5.75 Å². The van der Waals surface area contributed by atoms with Crippen molar-refractivity contribution in [3.8, 4) is 0 Å². The monoisotopic (exact) mass is 366 g/mol. The van der Waals surface area contributed by atoms with Crippen LogP contribution in [-0.4, -0.2) is 82.1 Å². The molecule has 0 saturated heterocycles. The van der Waals surface area contributed by atoms with Gasteiger partial charge in [0.2, 0.25) is 17.7 Å². The normalized spacial score (nSPS) is 15.5. The topological polar surface area (TPSA) is 191 Å². The highest BCUT2D eigenvalue weighted by Gasteiger charge is 2.27. The van der Waals surface area contributed by atoms with E-state index in [0.717, 1.165) is 0 Å². The molecule has 0 aromatic heterocycles. The number of rotatable bonds is 10. The Kier molecular flexibility index (Phi) is 9.95. The number of nitrogens with one attached hydrogen (secondary N) is 3. The Hall–Kier alpha value is -1.89. The summed E-state index contributed by atoms with van der Waals surface area (Å²) in [5.74, 6) is -3.93. The van der Waals surface area contributed by atoms with Gasteiger partial charge in [-0.25, -0.2) is 4.79 Å². The molecule has 4 unspecified atom stereocenters. The fourth-order valence-electron chi connectivity index (χ4n) is 1.42. The highest BCUT2D eigenvalue weighted by Crippen LogP contribution is 1.94. The van der Waals surface area contributed by atoms with E-state index in [1.165, 1.54) is 6.92 Å². The summed E-state index contributed by atoms with van der Waals surface area (Å²) in [4.78, 5) is 46.1. The molecule has 11 nitrogen and oxygen atoms in total. The average molecular weight is 366 g/mol. The van der Waals surface area contributed by atoms with Crippen LogP contribution in [0.3, 0.4) is 0 Å². The minimum atomic E-state index is -1.52. The van der Waals surface area contributed by atoms with E-state index >= 15 is 0 Å². The van der Waals surface area contributed by atoms with Crippen molar-refractivity contribution in [2.24, 2.45) is 5.73 Å². The van der Waals surface area contributed by atoms with E-state index in [4.69, 9.17) is 21.1 Å². The van der Waals surface area contributed by atoms with Crippen molar-refractivity contribution in [1.29, 1.82) is 0 Å². The predicted molar refractivity (Wildman–Crippen MR) is 85.1 cm³/mol. The van der Waals surface area contributed by atoms with Gasteiger partial charge in [-0.15, -0.1) is 0 Å². The highest BCUT2D eigenvalue weighted by atomic mass is 32.1. The molecule has 0 heterocycles. The average Bonchev–Trinajstić information content (AvgIpc) is 2.55. The molecule has 0 aliphatic rings. The second-order valence-corrected chi connectivity index (χ2v) is 5.21. The molecule has 3 amide bonds. The van der Waals surface area contributed by atoms with Crippen LogP contribution in [0, 0.1) is 0 Å². The quantitative estimate of drug-likeness (QED) is 0.178. The first-order valence-corrected chi connectivity index (χ1v) is 7.53. The highest BCUT2D eigenvalue weighted by molar-refractivity contribution is 7.80. The van der Waals surface area contributed by atoms with Gasteiger partial charge >= 0.3 is 5.97 Å². The molecule has 0 radical (unpaired) electrons. The molecular formula is C12H22N4O7S. The van der Waals surface area contributed by atoms with Crippen LogP contribution in [0.25, 0.3) is 0 Å². The molecule has 0 spiro atoms. The smallest absolute Gasteiger partial charge is 0.328 e. The molecule has 0 aromatic rings. The SMILES string of the molecule is CC(NC(=O)C(N)CO)C(=O)NC(CS)C(=O)NC(CO)C(=O)O. The van der Waals surface area contributed by atoms with E-state index in [-0.39, 0.29) is 5.75 Å². The number of aliphatic hydroxyl groups excluding tert-OH is 2. The lowest BCUT2D eigenvalue weighted by Gasteiger charge is -2.22. The number of carboxylic acid groups (broad SMARTS) is 1. The molecule has 0 fully saturated rings. The zero-order chi connectivity index (χ0) is 18.9. The van der Waals surface area contributed by atoms with Crippen molar-refractivity contribution in [1.82, 2.24) is 16.0 Å². The maximum atomic E-state index is 11.9. The van der Waals surface area contributed by atoms with E-state index in [1.807, 2.05) is 5.32 Å². The van der Waals surface area contributed by atoms with Crippen molar-refractivity contribution in [2.75, 3.05) is 19.0 Å². The number of aliphatic hydroxyl groups is 2. The minimum Gasteiger partial charge on any atom is -0.480 e. The van der Waals surface area contributed by atoms with E-state index in [0.29, 0.717) is 0 Å². The molecule has 12 heteroatoms. The molecule has 0 bridgehead atoms. The molecule has 0 rings (SSSR count). The molecule has 0 aromatic carbocycles. The third kappa shape index (κ3) is 7.12. The van der Waals surface area contributed by atoms with Crippen molar-refractivity contribution in [2.45, 2.75) is 31.1 Å². The van der Waals surface area contributed by atoms with Gasteiger partial charge in [0.1, 0.15) is 24.2 Å². The van der Waals surface area contributed by atoms with Crippen LogP contribution in [0.2, 0.25) is 0 Å². The molecule has 138 valence electrons. The van der Waals surface area contributed by atoms with Gasteiger partial charge in [0.25, 0.3) is 0 Å². The minimum absolute atomic E-state index is 0.147. The lowest BCUT2D eigenvalue weighted by Crippen LogP contribution is -2.57. The second kappa shape index (κ2) is 10.8. The predicted octanol–water partition coefficient (Wildman–Crippen LogP) is -4.21. The van der Waals surface area contributed by atoms with E-state index in [2.05, 4.69) is 23.3 Å². The van der Waals surface area contributed by atoms with Gasteiger partial charge in [-0.1, -0.05) is 0 Å². The third-order valence-electron chi connectivity index (χ3n) is 2.90. The molecule has 24 heavy (non-hydrogen) atoms. The van der Waals surface area contributed by atoms with Crippen molar-refractivity contribution < 1.29 is 34.5 Å². The molecule has 0 aliphatic carbocycles. The zero-order valence-corrected chi connectivity index (χ0v) is 13.8. The lowest BCUT2D eigenvalue weighted by molar-refractivity contribution is -0.143. The van der Waals surface area contributed by atoms with Gasteiger partial charge in [-0.05, 0) is 6.92 Å². The van der Waals surface area contributed by atoms with E-state index < -0.39 is 61.1 Å². The molecular weight excluding hydrogens is 344 g/mol. The number of thiol groups is 1. The Bertz CT molecular complexity index is 476. The Balaban J connectivity index is 4.69. The Morgan fingerprint density at radius 2 is 1.50 bits per heavy atom. The van der Waals surface area contributed by atoms with Crippen LogP contribution in [0.15, 0.2) is 0 Å². The lowest BCUT2D eigenvalue weighted by atomic mass is 10.2. The Morgan fingerprint density at radius 3 is 1.92 bits per heavy atom. The van der Waals surface area contributed by atoms with Crippen molar-refractivity contribution >= 4 is 36.3 Å². The Labute approximate surface area is 143 Å². The van der Waals surface area contributed by atoms with Crippen molar-refractivity contribution in [3.63, 3.8) is 0 Å². The summed E-state index contributed by atoms with van der Waals surface area (Å²) < 4.78 is 0. The summed E-state index contributed by atoms with van der Waals surface area (Å²) in [5, 5.41) is 32.9. The summed E-state index contributed by atoms with van der Waals surface area (Å²) in [6.45, 7) is -0.0853. The van der Waals surface area contributed by atoms with Gasteiger partial charge in [0.05, 0.1) is 13.2 Å². The van der Waals surface area contributed by atoms with Gasteiger partial charge in [-0.3, -0.25) is 14.4 Å². The summed E-state index contributed by atoms with van der Waals surface area (Å²) in [5.41, 5.74) is 5.29. The van der Waals surface area contributed by atoms with E-state index in [1.54, 1.807) is 0 Å². The Morgan fingerprint density at radius 1 is 0.958 bits per heavy atom. The summed E-state index contributed by atoms with van der Waals surface area (Å²) in [6.07, 6.45) is 0. The first-order chi connectivity index (χ1) is 11.2. The second-order valence-electron chi connectivity index (χ2n) is 4.85. The number of aliphatic carboxylic acids is 1. The third-order valence-corrected chi connectivity index (χ3v) is 3.26. The number of hydrogen-bond acceptors (Lipinski definition) is 8. The van der Waals surface area contributed by atoms with Gasteiger partial charge < -0.3 is 37.0 Å². The summed E-state index contributed by atoms with van der Waals surface area (Å²) in [6, 6.07) is -4.94. The number of carbonyl (C=O) groups is 4. The first kappa shape index (κ1) is 22.1. The van der Waals surface area contributed by atoms with Gasteiger partial charge in [0.15, 0.2) is 0 Å². The molecule has 0 aliphatic heterocycles. The maximum Gasteiger partial charge on any atom is 0.328 e. The van der Waals surface area contributed by atoms with Crippen LogP contribution >= 0.6 is 12.6 Å². The molecule has 0 saturated carbocycles. The zero-order valence-electron chi connectivity index (χ0n) is 12.9. The first-order valence-electron chi connectivity index (χ1n) is 6.89. The van der Waals surface area contributed by atoms with Crippen LogP contribution in [0.1, 0.15) is 6.92 Å². The molecule has 8 N–H and O–H groups in total. The summed E-state index contributed by atoms with van der Waals surface area (Å²) >= 11 is 3.89. The fourth-order valence-corrected chi connectivity index (χ4v) is 1.67. The van der Waals surface area contributed by atoms with Crippen LogP contribution in [0.4, 0.5) is 0 Å². The number of nitrogens with two attached hydrogens (primary N) is 1.